The van der Waals surface area contributed by atoms with Gasteiger partial charge in [0.25, 0.3) is 0 Å². The lowest BCUT2D eigenvalue weighted by molar-refractivity contribution is 0.0687. The minimum atomic E-state index is 0.414. The zero-order valence-corrected chi connectivity index (χ0v) is 13.3. The van der Waals surface area contributed by atoms with Gasteiger partial charge in [-0.25, -0.2) is 0 Å². The van der Waals surface area contributed by atoms with Crippen molar-refractivity contribution in [1.82, 2.24) is 4.90 Å². The lowest BCUT2D eigenvalue weighted by atomic mass is 9.78. The maximum absolute atomic E-state index is 6.42. The number of likely N-dealkylation sites (N-methyl/N-ethyl adjacent to an activating group) is 1. The Hall–Kier alpha value is -0.0800. The van der Waals surface area contributed by atoms with E-state index in [-0.39, 0.29) is 0 Å². The number of nitrogens with zero attached hydrogens (tertiary/aromatic N) is 1. The molecule has 0 radical (unpaired) electrons. The van der Waals surface area contributed by atoms with Gasteiger partial charge in [0, 0.05) is 18.1 Å². The van der Waals surface area contributed by atoms with E-state index in [1.165, 1.54) is 57.8 Å². The molecule has 0 aromatic carbocycles. The summed E-state index contributed by atoms with van der Waals surface area (Å²) in [5, 5.41) is 0. The fraction of sp³-hybridized carbons (Fsp3) is 1.00. The maximum Gasteiger partial charge on any atom is 0.0249 e. The van der Waals surface area contributed by atoms with Gasteiger partial charge >= 0.3 is 0 Å². The highest BCUT2D eigenvalue weighted by molar-refractivity contribution is 4.91. The molecule has 3 unspecified atom stereocenters. The Bertz CT molecular complexity index is 258. The Kier molecular flexibility index (Phi) is 5.70. The molecule has 2 rings (SSSR count). The van der Waals surface area contributed by atoms with Crippen LogP contribution in [-0.2, 0) is 0 Å². The van der Waals surface area contributed by atoms with Crippen LogP contribution < -0.4 is 5.73 Å². The highest BCUT2D eigenvalue weighted by Crippen LogP contribution is 2.34. The van der Waals surface area contributed by atoms with Gasteiger partial charge in [0.2, 0.25) is 0 Å². The fourth-order valence-corrected chi connectivity index (χ4v) is 4.32. The Morgan fingerprint density at radius 3 is 2.05 bits per heavy atom. The number of nitrogens with two attached hydrogens (primary N) is 1. The van der Waals surface area contributed by atoms with E-state index in [1.807, 2.05) is 0 Å². The highest BCUT2D eigenvalue weighted by Gasteiger charge is 2.34. The van der Waals surface area contributed by atoms with Crippen molar-refractivity contribution in [1.29, 1.82) is 0 Å². The topological polar surface area (TPSA) is 29.3 Å². The Labute approximate surface area is 120 Å². The van der Waals surface area contributed by atoms with Crippen LogP contribution in [0.1, 0.15) is 71.6 Å². The van der Waals surface area contributed by atoms with E-state index >= 15 is 0 Å². The van der Waals surface area contributed by atoms with E-state index in [2.05, 4.69) is 25.8 Å². The zero-order chi connectivity index (χ0) is 13.8. The highest BCUT2D eigenvalue weighted by atomic mass is 15.2. The third kappa shape index (κ3) is 3.72. The summed E-state index contributed by atoms with van der Waals surface area (Å²) in [5.41, 5.74) is 6.42. The van der Waals surface area contributed by atoms with Crippen LogP contribution in [0, 0.1) is 11.8 Å². The Morgan fingerprint density at radius 1 is 0.895 bits per heavy atom. The average Bonchev–Trinajstić information content (AvgIpc) is 2.47. The molecule has 0 aromatic rings. The summed E-state index contributed by atoms with van der Waals surface area (Å²) in [6, 6.07) is 1.85. The van der Waals surface area contributed by atoms with E-state index in [1.54, 1.807) is 0 Å². The smallest absolute Gasteiger partial charge is 0.0249 e. The SMILES string of the molecule is CCC1CCC(N(C)C2CC(CC)CCC2N)CC1. The van der Waals surface area contributed by atoms with E-state index in [9.17, 15) is 0 Å². The summed E-state index contributed by atoms with van der Waals surface area (Å²) < 4.78 is 0. The van der Waals surface area contributed by atoms with Gasteiger partial charge in [0.05, 0.1) is 0 Å². The molecule has 0 spiro atoms. The van der Waals surface area contributed by atoms with E-state index in [0.29, 0.717) is 12.1 Å². The minimum Gasteiger partial charge on any atom is -0.326 e. The molecular formula is C17H34N2. The first-order chi connectivity index (χ1) is 9.15. The molecule has 112 valence electrons. The van der Waals surface area contributed by atoms with Gasteiger partial charge in [-0.3, -0.25) is 4.90 Å². The Morgan fingerprint density at radius 2 is 1.47 bits per heavy atom. The van der Waals surface area contributed by atoms with Crippen LogP contribution in [-0.4, -0.2) is 30.1 Å². The molecule has 0 saturated heterocycles. The molecule has 2 N–H and O–H groups in total. The quantitative estimate of drug-likeness (QED) is 0.839. The van der Waals surface area contributed by atoms with Crippen LogP contribution in [0.2, 0.25) is 0 Å². The van der Waals surface area contributed by atoms with Crippen LogP contribution >= 0.6 is 0 Å². The van der Waals surface area contributed by atoms with Gasteiger partial charge in [0.1, 0.15) is 0 Å². The molecule has 0 bridgehead atoms. The summed E-state index contributed by atoms with van der Waals surface area (Å²) in [5.74, 6) is 1.91. The predicted molar refractivity (Wildman–Crippen MR) is 83.2 cm³/mol. The van der Waals surface area contributed by atoms with E-state index in [0.717, 1.165) is 17.9 Å². The van der Waals surface area contributed by atoms with Gasteiger partial charge in [0.15, 0.2) is 0 Å². The van der Waals surface area contributed by atoms with Crippen molar-refractivity contribution >= 4 is 0 Å². The third-order valence-corrected chi connectivity index (χ3v) is 6.05. The summed E-state index contributed by atoms with van der Waals surface area (Å²) in [6.45, 7) is 4.68. The molecule has 19 heavy (non-hydrogen) atoms. The normalized spacial score (nSPS) is 40.6. The van der Waals surface area contributed by atoms with Crippen molar-refractivity contribution in [3.05, 3.63) is 0 Å². The molecule has 3 atom stereocenters. The van der Waals surface area contributed by atoms with Gasteiger partial charge in [-0.05, 0) is 63.8 Å². The average molecular weight is 266 g/mol. The van der Waals surface area contributed by atoms with Crippen LogP contribution in [0.15, 0.2) is 0 Å². The number of rotatable bonds is 4. The second kappa shape index (κ2) is 7.08. The van der Waals surface area contributed by atoms with Gasteiger partial charge in [-0.1, -0.05) is 26.7 Å². The van der Waals surface area contributed by atoms with Crippen LogP contribution in [0.3, 0.4) is 0 Å². The van der Waals surface area contributed by atoms with E-state index < -0.39 is 0 Å². The summed E-state index contributed by atoms with van der Waals surface area (Å²) >= 11 is 0. The van der Waals surface area contributed by atoms with Crippen molar-refractivity contribution in [2.45, 2.75) is 89.8 Å². The second-order valence-electron chi connectivity index (χ2n) is 7.07. The first-order valence-electron chi connectivity index (χ1n) is 8.63. The third-order valence-electron chi connectivity index (χ3n) is 6.05. The largest absolute Gasteiger partial charge is 0.326 e. The molecule has 2 aliphatic carbocycles. The molecule has 2 aliphatic rings. The monoisotopic (exact) mass is 266 g/mol. The summed E-state index contributed by atoms with van der Waals surface area (Å²) in [7, 11) is 2.35. The van der Waals surface area contributed by atoms with Crippen molar-refractivity contribution in [3.63, 3.8) is 0 Å². The molecular weight excluding hydrogens is 232 g/mol. The second-order valence-corrected chi connectivity index (χ2v) is 7.07. The molecule has 2 saturated carbocycles. The van der Waals surface area contributed by atoms with Crippen molar-refractivity contribution in [3.8, 4) is 0 Å². The first-order valence-corrected chi connectivity index (χ1v) is 8.63. The van der Waals surface area contributed by atoms with Gasteiger partial charge in [-0.2, -0.15) is 0 Å². The van der Waals surface area contributed by atoms with Crippen LogP contribution in [0.25, 0.3) is 0 Å². The lowest BCUT2D eigenvalue weighted by Crippen LogP contribution is -2.53. The number of hydrogen-bond acceptors (Lipinski definition) is 2. The standard InChI is InChI=1S/C17H34N2/c1-4-13-6-9-15(10-7-13)19(3)17-12-14(5-2)8-11-16(17)18/h13-17H,4-12,18H2,1-3H3. The lowest BCUT2D eigenvalue weighted by Gasteiger charge is -2.45. The predicted octanol–water partition coefficient (Wildman–Crippen LogP) is 3.79. The fourth-order valence-electron chi connectivity index (χ4n) is 4.32. The molecule has 2 fully saturated rings. The molecule has 2 heteroatoms. The maximum atomic E-state index is 6.42. The molecule has 2 nitrogen and oxygen atoms in total. The molecule has 0 amide bonds. The first kappa shape index (κ1) is 15.3. The van der Waals surface area contributed by atoms with Crippen molar-refractivity contribution in [2.24, 2.45) is 17.6 Å². The van der Waals surface area contributed by atoms with Crippen LogP contribution in [0.5, 0.6) is 0 Å². The van der Waals surface area contributed by atoms with E-state index in [4.69, 9.17) is 5.73 Å². The van der Waals surface area contributed by atoms with Crippen molar-refractivity contribution < 1.29 is 0 Å². The van der Waals surface area contributed by atoms with Gasteiger partial charge < -0.3 is 5.73 Å². The minimum absolute atomic E-state index is 0.414. The van der Waals surface area contributed by atoms with Crippen LogP contribution in [0.4, 0.5) is 0 Å². The number of hydrogen-bond donors (Lipinski definition) is 1. The summed E-state index contributed by atoms with van der Waals surface area (Å²) in [6.07, 6.45) is 12.3. The summed E-state index contributed by atoms with van der Waals surface area (Å²) in [4.78, 5) is 2.67. The Balaban J connectivity index is 1.89. The van der Waals surface area contributed by atoms with Gasteiger partial charge in [-0.15, -0.1) is 0 Å². The molecule has 0 aromatic heterocycles. The molecule has 0 aliphatic heterocycles. The zero-order valence-electron chi connectivity index (χ0n) is 13.3. The van der Waals surface area contributed by atoms with Crippen molar-refractivity contribution in [2.75, 3.05) is 7.05 Å². The molecule has 0 heterocycles.